The van der Waals surface area contributed by atoms with Crippen LogP contribution in [0.5, 0.6) is 0 Å². The number of thioether (sulfide) groups is 1. The summed E-state index contributed by atoms with van der Waals surface area (Å²) in [7, 11) is 0. The van der Waals surface area contributed by atoms with E-state index in [4.69, 9.17) is 0 Å². The van der Waals surface area contributed by atoms with Gasteiger partial charge < -0.3 is 5.32 Å². The molecule has 0 fully saturated rings. The molecule has 1 aliphatic carbocycles. The van der Waals surface area contributed by atoms with Crippen molar-refractivity contribution in [1.29, 1.82) is 0 Å². The van der Waals surface area contributed by atoms with Gasteiger partial charge in [-0.25, -0.2) is 0 Å². The summed E-state index contributed by atoms with van der Waals surface area (Å²) in [5.41, 5.74) is 5.49. The lowest BCUT2D eigenvalue weighted by atomic mass is 9.89. The standard InChI is InChI=1S/C21H23NOS/c1-14(16-11-10-15-6-2-3-7-17(15)12-16)22-21(23)20-13-18-8-4-5-9-19(18)24-20/h4-5,8-12,14,20H,2-3,6-7,13H2,1H3,(H,22,23). The van der Waals surface area contributed by atoms with Crippen LogP contribution in [0.25, 0.3) is 0 Å². The third-order valence-corrected chi connectivity index (χ3v) is 6.49. The smallest absolute Gasteiger partial charge is 0.234 e. The van der Waals surface area contributed by atoms with Gasteiger partial charge in [-0.3, -0.25) is 4.79 Å². The van der Waals surface area contributed by atoms with Crippen molar-refractivity contribution in [2.45, 2.75) is 55.2 Å². The molecule has 1 aliphatic heterocycles. The van der Waals surface area contributed by atoms with Gasteiger partial charge in [0.2, 0.25) is 5.91 Å². The number of aryl methyl sites for hydroxylation is 2. The van der Waals surface area contributed by atoms with Gasteiger partial charge in [-0.2, -0.15) is 0 Å². The lowest BCUT2D eigenvalue weighted by Crippen LogP contribution is -2.34. The Hall–Kier alpha value is -1.74. The van der Waals surface area contributed by atoms with Crippen LogP contribution < -0.4 is 5.32 Å². The van der Waals surface area contributed by atoms with Crippen LogP contribution in [0.15, 0.2) is 47.4 Å². The predicted molar refractivity (Wildman–Crippen MR) is 99.4 cm³/mol. The minimum absolute atomic E-state index is 0.00229. The Kier molecular flexibility index (Phi) is 4.36. The number of nitrogens with one attached hydrogen (secondary N) is 1. The van der Waals surface area contributed by atoms with Crippen molar-refractivity contribution in [2.24, 2.45) is 0 Å². The van der Waals surface area contributed by atoms with E-state index in [0.29, 0.717) is 0 Å². The maximum Gasteiger partial charge on any atom is 0.234 e. The molecule has 2 unspecified atom stereocenters. The van der Waals surface area contributed by atoms with Crippen molar-refractivity contribution in [3.05, 3.63) is 64.7 Å². The van der Waals surface area contributed by atoms with Crippen molar-refractivity contribution in [3.8, 4) is 0 Å². The van der Waals surface area contributed by atoms with E-state index in [2.05, 4.69) is 48.6 Å². The van der Waals surface area contributed by atoms with Crippen LogP contribution in [0.3, 0.4) is 0 Å². The molecule has 0 bridgehead atoms. The lowest BCUT2D eigenvalue weighted by Gasteiger charge is -2.21. The molecular weight excluding hydrogens is 314 g/mol. The van der Waals surface area contributed by atoms with E-state index in [1.54, 1.807) is 11.8 Å². The van der Waals surface area contributed by atoms with Crippen molar-refractivity contribution in [1.82, 2.24) is 5.32 Å². The highest BCUT2D eigenvalue weighted by molar-refractivity contribution is 8.01. The SMILES string of the molecule is CC(NC(=O)C1Cc2ccccc2S1)c1ccc2c(c1)CCCC2. The summed E-state index contributed by atoms with van der Waals surface area (Å²) in [6.45, 7) is 2.09. The molecule has 2 nitrogen and oxygen atoms in total. The minimum atomic E-state index is 0.00229. The van der Waals surface area contributed by atoms with Crippen LogP contribution in [0, 0.1) is 0 Å². The van der Waals surface area contributed by atoms with E-state index in [1.807, 2.05) is 6.07 Å². The van der Waals surface area contributed by atoms with E-state index in [9.17, 15) is 4.79 Å². The molecular formula is C21H23NOS. The maximum absolute atomic E-state index is 12.7. The summed E-state index contributed by atoms with van der Waals surface area (Å²) in [6, 6.07) is 15.1. The number of hydrogen-bond acceptors (Lipinski definition) is 2. The number of hydrogen-bond donors (Lipinski definition) is 1. The summed E-state index contributed by atoms with van der Waals surface area (Å²) in [4.78, 5) is 13.9. The molecule has 4 rings (SSSR count). The van der Waals surface area contributed by atoms with Crippen LogP contribution in [-0.4, -0.2) is 11.2 Å². The van der Waals surface area contributed by atoms with Gasteiger partial charge in [0.05, 0.1) is 11.3 Å². The highest BCUT2D eigenvalue weighted by Gasteiger charge is 2.28. The zero-order valence-electron chi connectivity index (χ0n) is 14.0. The first kappa shape index (κ1) is 15.8. The predicted octanol–water partition coefficient (Wildman–Crippen LogP) is 4.46. The van der Waals surface area contributed by atoms with Crippen molar-refractivity contribution in [3.63, 3.8) is 0 Å². The molecule has 0 radical (unpaired) electrons. The van der Waals surface area contributed by atoms with Crippen LogP contribution >= 0.6 is 11.8 Å². The fourth-order valence-corrected chi connectivity index (χ4v) is 4.95. The van der Waals surface area contributed by atoms with E-state index >= 15 is 0 Å². The number of amides is 1. The average Bonchev–Trinajstić information content (AvgIpc) is 3.05. The Bertz CT molecular complexity index is 745. The van der Waals surface area contributed by atoms with Gasteiger partial charge in [0.25, 0.3) is 0 Å². The second-order valence-electron chi connectivity index (χ2n) is 6.88. The summed E-state index contributed by atoms with van der Waals surface area (Å²) >= 11 is 1.69. The van der Waals surface area contributed by atoms with Crippen LogP contribution in [0.1, 0.15) is 48.1 Å². The molecule has 2 aromatic rings. The highest BCUT2D eigenvalue weighted by Crippen LogP contribution is 2.37. The number of fused-ring (bicyclic) bond motifs is 2. The highest BCUT2D eigenvalue weighted by atomic mass is 32.2. The molecule has 1 N–H and O–H groups in total. The first-order valence-electron chi connectivity index (χ1n) is 8.87. The molecule has 2 aromatic carbocycles. The quantitative estimate of drug-likeness (QED) is 0.896. The fraction of sp³-hybridized carbons (Fsp3) is 0.381. The second kappa shape index (κ2) is 6.64. The van der Waals surface area contributed by atoms with E-state index in [0.717, 1.165) is 6.42 Å². The first-order chi connectivity index (χ1) is 11.7. The summed E-state index contributed by atoms with van der Waals surface area (Å²) in [5.74, 6) is 0.154. The number of benzene rings is 2. The molecule has 0 spiro atoms. The topological polar surface area (TPSA) is 29.1 Å². The zero-order valence-corrected chi connectivity index (χ0v) is 14.9. The fourth-order valence-electron chi connectivity index (χ4n) is 3.74. The first-order valence-corrected chi connectivity index (χ1v) is 9.75. The van der Waals surface area contributed by atoms with Crippen molar-refractivity contribution >= 4 is 17.7 Å². The van der Waals surface area contributed by atoms with Crippen LogP contribution in [-0.2, 0) is 24.1 Å². The molecule has 2 atom stereocenters. The van der Waals surface area contributed by atoms with Gasteiger partial charge >= 0.3 is 0 Å². The molecule has 3 heteroatoms. The lowest BCUT2D eigenvalue weighted by molar-refractivity contribution is -0.121. The molecule has 0 saturated carbocycles. The van der Waals surface area contributed by atoms with Crippen LogP contribution in [0.4, 0.5) is 0 Å². The Morgan fingerprint density at radius 3 is 2.71 bits per heavy atom. The number of rotatable bonds is 3. The Labute approximate surface area is 148 Å². The average molecular weight is 337 g/mol. The van der Waals surface area contributed by atoms with E-state index < -0.39 is 0 Å². The molecule has 1 heterocycles. The largest absolute Gasteiger partial charge is 0.349 e. The van der Waals surface area contributed by atoms with Gasteiger partial charge in [-0.15, -0.1) is 11.8 Å². The maximum atomic E-state index is 12.7. The Balaban J connectivity index is 1.43. The van der Waals surface area contributed by atoms with Crippen molar-refractivity contribution in [2.75, 3.05) is 0 Å². The molecule has 0 saturated heterocycles. The third kappa shape index (κ3) is 3.10. The summed E-state index contributed by atoms with van der Waals surface area (Å²) in [5, 5.41) is 3.22. The van der Waals surface area contributed by atoms with Crippen LogP contribution in [0.2, 0.25) is 0 Å². The third-order valence-electron chi connectivity index (χ3n) is 5.17. The number of carbonyl (C=O) groups is 1. The molecule has 24 heavy (non-hydrogen) atoms. The van der Waals surface area contributed by atoms with Gasteiger partial charge in [0.15, 0.2) is 0 Å². The monoisotopic (exact) mass is 337 g/mol. The Morgan fingerprint density at radius 2 is 1.88 bits per heavy atom. The van der Waals surface area contributed by atoms with E-state index in [-0.39, 0.29) is 17.2 Å². The van der Waals surface area contributed by atoms with Gasteiger partial charge in [0.1, 0.15) is 0 Å². The number of carbonyl (C=O) groups excluding carboxylic acids is 1. The Morgan fingerprint density at radius 1 is 1.08 bits per heavy atom. The molecule has 2 aliphatic rings. The molecule has 0 aromatic heterocycles. The summed E-state index contributed by atoms with van der Waals surface area (Å²) in [6.07, 6.45) is 5.81. The van der Waals surface area contributed by atoms with Gasteiger partial charge in [0, 0.05) is 4.90 Å². The summed E-state index contributed by atoms with van der Waals surface area (Å²) < 4.78 is 0. The minimum Gasteiger partial charge on any atom is -0.349 e. The van der Waals surface area contributed by atoms with Gasteiger partial charge in [-0.05, 0) is 67.3 Å². The van der Waals surface area contributed by atoms with Gasteiger partial charge in [-0.1, -0.05) is 36.4 Å². The zero-order chi connectivity index (χ0) is 16.5. The van der Waals surface area contributed by atoms with E-state index in [1.165, 1.54) is 52.8 Å². The normalized spacial score (nSPS) is 20.1. The molecule has 1 amide bonds. The second-order valence-corrected chi connectivity index (χ2v) is 8.13. The molecule has 124 valence electrons. The van der Waals surface area contributed by atoms with Crippen molar-refractivity contribution < 1.29 is 4.79 Å².